The van der Waals surface area contributed by atoms with Crippen LogP contribution in [0.4, 0.5) is 23.0 Å². The fourth-order valence-electron chi connectivity index (χ4n) is 1.83. The second-order valence-electron chi connectivity index (χ2n) is 5.15. The molecule has 8 heteroatoms. The summed E-state index contributed by atoms with van der Waals surface area (Å²) in [5.74, 6) is 0.855. The maximum Gasteiger partial charge on any atom is 0.353 e. The molecule has 22 heavy (non-hydrogen) atoms. The summed E-state index contributed by atoms with van der Waals surface area (Å²) in [4.78, 5) is 22.8. The van der Waals surface area contributed by atoms with E-state index in [0.29, 0.717) is 18.2 Å². The lowest BCUT2D eigenvalue weighted by atomic mass is 10.1. The van der Waals surface area contributed by atoms with Gasteiger partial charge in [0.25, 0.3) is 0 Å². The largest absolute Gasteiger partial charge is 0.364 e. The zero-order valence-electron chi connectivity index (χ0n) is 12.5. The number of hydrogen-bond acceptors (Lipinski definition) is 7. The average Bonchev–Trinajstić information content (AvgIpc) is 2.48. The molecule has 0 spiro atoms. The number of hydrogen-bond donors (Lipinski definition) is 2. The second kappa shape index (κ2) is 7.30. The van der Waals surface area contributed by atoms with Gasteiger partial charge < -0.3 is 10.6 Å². The SMILES string of the molecule is CC(C)CCNc1ncnc(Nc2cccnc2)c1[N+](=O)[O-]. The van der Waals surface area contributed by atoms with E-state index in [1.807, 2.05) is 0 Å². The third-order valence-corrected chi connectivity index (χ3v) is 2.94. The molecule has 0 aromatic carbocycles. The molecule has 2 rings (SSSR count). The maximum atomic E-state index is 11.4. The predicted molar refractivity (Wildman–Crippen MR) is 84.2 cm³/mol. The number of nitrogens with zero attached hydrogens (tertiary/aromatic N) is 4. The van der Waals surface area contributed by atoms with Crippen LogP contribution in [0.5, 0.6) is 0 Å². The fraction of sp³-hybridized carbons (Fsp3) is 0.357. The van der Waals surface area contributed by atoms with E-state index in [2.05, 4.69) is 39.4 Å². The van der Waals surface area contributed by atoms with Crippen molar-refractivity contribution in [3.8, 4) is 0 Å². The highest BCUT2D eigenvalue weighted by atomic mass is 16.6. The molecule has 0 saturated heterocycles. The number of rotatable bonds is 7. The molecule has 0 aliphatic rings. The first-order valence-corrected chi connectivity index (χ1v) is 6.98. The first kappa shape index (κ1) is 15.6. The Bertz CT molecular complexity index is 632. The Morgan fingerprint density at radius 2 is 2.09 bits per heavy atom. The van der Waals surface area contributed by atoms with Gasteiger partial charge in [-0.3, -0.25) is 15.1 Å². The van der Waals surface area contributed by atoms with Crippen molar-refractivity contribution in [3.63, 3.8) is 0 Å². The first-order valence-electron chi connectivity index (χ1n) is 6.98. The van der Waals surface area contributed by atoms with Gasteiger partial charge in [0.2, 0.25) is 11.6 Å². The van der Waals surface area contributed by atoms with Crippen LogP contribution in [0.15, 0.2) is 30.9 Å². The van der Waals surface area contributed by atoms with Crippen LogP contribution < -0.4 is 10.6 Å². The Morgan fingerprint density at radius 1 is 1.32 bits per heavy atom. The van der Waals surface area contributed by atoms with E-state index in [0.717, 1.165) is 6.42 Å². The smallest absolute Gasteiger partial charge is 0.353 e. The van der Waals surface area contributed by atoms with Crippen LogP contribution in [0, 0.1) is 16.0 Å². The summed E-state index contributed by atoms with van der Waals surface area (Å²) in [5, 5.41) is 17.3. The molecular weight excluding hydrogens is 284 g/mol. The van der Waals surface area contributed by atoms with E-state index >= 15 is 0 Å². The van der Waals surface area contributed by atoms with Gasteiger partial charge in [-0.05, 0) is 24.5 Å². The molecule has 116 valence electrons. The Hall–Kier alpha value is -2.77. The summed E-state index contributed by atoms with van der Waals surface area (Å²) < 4.78 is 0. The lowest BCUT2D eigenvalue weighted by Gasteiger charge is -2.10. The van der Waals surface area contributed by atoms with E-state index in [1.54, 1.807) is 24.5 Å². The molecule has 2 aromatic rings. The highest BCUT2D eigenvalue weighted by Crippen LogP contribution is 2.30. The predicted octanol–water partition coefficient (Wildman–Crippen LogP) is 2.98. The number of pyridine rings is 1. The molecule has 0 atom stereocenters. The van der Waals surface area contributed by atoms with Crippen molar-refractivity contribution in [3.05, 3.63) is 41.0 Å². The molecule has 0 saturated carbocycles. The summed E-state index contributed by atoms with van der Waals surface area (Å²) in [6, 6.07) is 3.49. The normalized spacial score (nSPS) is 10.5. The number of nitro groups is 1. The molecule has 0 amide bonds. The standard InChI is InChI=1S/C14H18N6O2/c1-10(2)5-7-16-13-12(20(21)22)14(18-9-17-13)19-11-4-3-6-15-8-11/h3-4,6,8-10H,5,7H2,1-2H3,(H2,16,17,18,19). The molecule has 2 N–H and O–H groups in total. The van der Waals surface area contributed by atoms with Crippen molar-refractivity contribution in [2.75, 3.05) is 17.2 Å². The highest BCUT2D eigenvalue weighted by Gasteiger charge is 2.22. The van der Waals surface area contributed by atoms with Crippen molar-refractivity contribution in [2.45, 2.75) is 20.3 Å². The minimum Gasteiger partial charge on any atom is -0.364 e. The molecule has 0 radical (unpaired) electrons. The van der Waals surface area contributed by atoms with Gasteiger partial charge >= 0.3 is 5.69 Å². The summed E-state index contributed by atoms with van der Waals surface area (Å²) in [7, 11) is 0. The third-order valence-electron chi connectivity index (χ3n) is 2.94. The molecule has 0 aliphatic heterocycles. The van der Waals surface area contributed by atoms with E-state index in [-0.39, 0.29) is 17.3 Å². The van der Waals surface area contributed by atoms with Crippen LogP contribution in [-0.4, -0.2) is 26.4 Å². The van der Waals surface area contributed by atoms with Crippen LogP contribution >= 0.6 is 0 Å². The summed E-state index contributed by atoms with van der Waals surface area (Å²) >= 11 is 0. The summed E-state index contributed by atoms with van der Waals surface area (Å²) in [6.07, 6.45) is 5.38. The van der Waals surface area contributed by atoms with Gasteiger partial charge in [-0.1, -0.05) is 13.8 Å². The Kier molecular flexibility index (Phi) is 5.18. The zero-order valence-corrected chi connectivity index (χ0v) is 12.5. The van der Waals surface area contributed by atoms with E-state index < -0.39 is 4.92 Å². The van der Waals surface area contributed by atoms with Crippen LogP contribution in [0.3, 0.4) is 0 Å². The van der Waals surface area contributed by atoms with Gasteiger partial charge in [0.15, 0.2) is 0 Å². The lowest BCUT2D eigenvalue weighted by Crippen LogP contribution is -2.10. The van der Waals surface area contributed by atoms with Crippen molar-refractivity contribution in [1.82, 2.24) is 15.0 Å². The molecular formula is C14H18N6O2. The van der Waals surface area contributed by atoms with Gasteiger partial charge in [0.05, 0.1) is 16.8 Å². The molecule has 8 nitrogen and oxygen atoms in total. The summed E-state index contributed by atoms with van der Waals surface area (Å²) in [5.41, 5.74) is 0.451. The van der Waals surface area contributed by atoms with E-state index in [1.165, 1.54) is 6.33 Å². The van der Waals surface area contributed by atoms with Crippen molar-refractivity contribution in [1.29, 1.82) is 0 Å². The molecule has 0 bridgehead atoms. The minimum absolute atomic E-state index is 0.139. The van der Waals surface area contributed by atoms with Crippen molar-refractivity contribution >= 4 is 23.0 Å². The molecule has 2 heterocycles. The minimum atomic E-state index is -0.490. The Labute approximate surface area is 128 Å². The monoisotopic (exact) mass is 302 g/mol. The van der Waals surface area contributed by atoms with Crippen molar-refractivity contribution < 1.29 is 4.92 Å². The van der Waals surface area contributed by atoms with Crippen LogP contribution in [0.1, 0.15) is 20.3 Å². The molecule has 0 aliphatic carbocycles. The van der Waals surface area contributed by atoms with Crippen LogP contribution in [0.2, 0.25) is 0 Å². The number of nitrogens with one attached hydrogen (secondary N) is 2. The molecule has 2 aromatic heterocycles. The number of aromatic nitrogens is 3. The van der Waals surface area contributed by atoms with E-state index in [4.69, 9.17) is 0 Å². The molecule has 0 unspecified atom stereocenters. The summed E-state index contributed by atoms with van der Waals surface area (Å²) in [6.45, 7) is 4.79. The van der Waals surface area contributed by atoms with Gasteiger partial charge in [-0.15, -0.1) is 0 Å². The van der Waals surface area contributed by atoms with Gasteiger partial charge in [-0.25, -0.2) is 9.97 Å². The maximum absolute atomic E-state index is 11.4. The Morgan fingerprint density at radius 3 is 2.73 bits per heavy atom. The first-order chi connectivity index (χ1) is 10.6. The Balaban J connectivity index is 2.24. The number of anilines is 3. The lowest BCUT2D eigenvalue weighted by molar-refractivity contribution is -0.383. The zero-order chi connectivity index (χ0) is 15.9. The van der Waals surface area contributed by atoms with Gasteiger partial charge in [0.1, 0.15) is 6.33 Å². The highest BCUT2D eigenvalue weighted by molar-refractivity contribution is 5.73. The van der Waals surface area contributed by atoms with Crippen molar-refractivity contribution in [2.24, 2.45) is 5.92 Å². The quantitative estimate of drug-likeness (QED) is 0.598. The fourth-order valence-corrected chi connectivity index (χ4v) is 1.83. The third kappa shape index (κ3) is 4.11. The van der Waals surface area contributed by atoms with Gasteiger partial charge in [-0.2, -0.15) is 0 Å². The topological polar surface area (TPSA) is 106 Å². The van der Waals surface area contributed by atoms with E-state index in [9.17, 15) is 10.1 Å². The van der Waals surface area contributed by atoms with Gasteiger partial charge in [0, 0.05) is 12.7 Å². The molecule has 0 fully saturated rings. The second-order valence-corrected chi connectivity index (χ2v) is 5.15. The van der Waals surface area contributed by atoms with Crippen LogP contribution in [0.25, 0.3) is 0 Å². The average molecular weight is 302 g/mol. The van der Waals surface area contributed by atoms with Crippen LogP contribution in [-0.2, 0) is 0 Å².